The lowest BCUT2D eigenvalue weighted by molar-refractivity contribution is 0.122. The average Bonchev–Trinajstić information content (AvgIpc) is 3.11. The highest BCUT2D eigenvalue weighted by atomic mass is 19.1. The summed E-state index contributed by atoms with van der Waals surface area (Å²) in [6, 6.07) is 3.46. The van der Waals surface area contributed by atoms with Crippen LogP contribution in [0.3, 0.4) is 0 Å². The first-order valence-corrected chi connectivity index (χ1v) is 8.60. The second-order valence-electron chi connectivity index (χ2n) is 6.50. The fourth-order valence-electron chi connectivity index (χ4n) is 4.08. The molecule has 5 heteroatoms. The van der Waals surface area contributed by atoms with E-state index in [1.165, 1.54) is 31.7 Å². The topological polar surface area (TPSA) is 33.7 Å². The van der Waals surface area contributed by atoms with Crippen LogP contribution in [-0.2, 0) is 0 Å². The first-order valence-electron chi connectivity index (χ1n) is 8.60. The van der Waals surface area contributed by atoms with Crippen LogP contribution in [0.5, 0.6) is 11.5 Å². The molecule has 0 amide bonds. The zero-order chi connectivity index (χ0) is 16.2. The van der Waals surface area contributed by atoms with E-state index in [4.69, 9.17) is 9.47 Å². The van der Waals surface area contributed by atoms with Gasteiger partial charge in [0, 0.05) is 43.9 Å². The van der Waals surface area contributed by atoms with Crippen LogP contribution in [0.4, 0.5) is 4.39 Å². The number of piperazine rings is 1. The molecular formula is C18H27FN2O2. The number of ether oxygens (including phenoxy) is 2. The van der Waals surface area contributed by atoms with Crippen molar-refractivity contribution < 1.29 is 13.9 Å². The van der Waals surface area contributed by atoms with Crippen molar-refractivity contribution in [2.45, 2.75) is 31.7 Å². The minimum Gasteiger partial charge on any atom is -0.493 e. The summed E-state index contributed by atoms with van der Waals surface area (Å²) in [5.74, 6) is 1.42. The molecule has 0 radical (unpaired) electrons. The third-order valence-corrected chi connectivity index (χ3v) is 5.21. The Kier molecular flexibility index (Phi) is 5.38. The Balaban J connectivity index is 1.97. The summed E-state index contributed by atoms with van der Waals surface area (Å²) >= 11 is 0. The van der Waals surface area contributed by atoms with Crippen LogP contribution >= 0.6 is 0 Å². The molecule has 1 heterocycles. The molecule has 1 aromatic rings. The van der Waals surface area contributed by atoms with Crippen molar-refractivity contribution in [3.63, 3.8) is 0 Å². The maximum absolute atomic E-state index is 14.8. The molecule has 1 saturated heterocycles. The largest absolute Gasteiger partial charge is 0.493 e. The number of benzene rings is 1. The van der Waals surface area contributed by atoms with E-state index in [-0.39, 0.29) is 11.9 Å². The zero-order valence-electron chi connectivity index (χ0n) is 14.1. The number of hydrogen-bond donors (Lipinski definition) is 1. The maximum atomic E-state index is 14.8. The molecule has 1 saturated carbocycles. The van der Waals surface area contributed by atoms with Gasteiger partial charge in [0.05, 0.1) is 14.2 Å². The Morgan fingerprint density at radius 1 is 1.09 bits per heavy atom. The SMILES string of the molecule is COc1cc(F)c([C@@H](C2CCCC2)N2CCNCC2)cc1OC. The van der Waals surface area contributed by atoms with Crippen molar-refractivity contribution in [2.24, 2.45) is 5.92 Å². The van der Waals surface area contributed by atoms with Crippen molar-refractivity contribution in [2.75, 3.05) is 40.4 Å². The van der Waals surface area contributed by atoms with E-state index in [2.05, 4.69) is 10.2 Å². The first-order chi connectivity index (χ1) is 11.2. The molecule has 3 rings (SSSR count). The Bertz CT molecular complexity index is 526. The van der Waals surface area contributed by atoms with Gasteiger partial charge in [0.25, 0.3) is 0 Å². The predicted octanol–water partition coefficient (Wildman–Crippen LogP) is 2.98. The molecule has 1 aromatic carbocycles. The summed E-state index contributed by atoms with van der Waals surface area (Å²) in [7, 11) is 3.15. The number of nitrogens with zero attached hydrogens (tertiary/aromatic N) is 1. The lowest BCUT2D eigenvalue weighted by Gasteiger charge is -2.39. The van der Waals surface area contributed by atoms with Gasteiger partial charge in [-0.25, -0.2) is 4.39 Å². The van der Waals surface area contributed by atoms with E-state index >= 15 is 0 Å². The molecule has 1 aliphatic heterocycles. The summed E-state index contributed by atoms with van der Waals surface area (Å²) in [5.41, 5.74) is 0.761. The van der Waals surface area contributed by atoms with Crippen molar-refractivity contribution in [3.8, 4) is 11.5 Å². The molecule has 128 valence electrons. The second kappa shape index (κ2) is 7.49. The van der Waals surface area contributed by atoms with Gasteiger partial charge in [0.15, 0.2) is 11.5 Å². The van der Waals surface area contributed by atoms with Gasteiger partial charge in [-0.1, -0.05) is 12.8 Å². The molecule has 0 spiro atoms. The fourth-order valence-corrected chi connectivity index (χ4v) is 4.08. The number of rotatable bonds is 5. The van der Waals surface area contributed by atoms with Gasteiger partial charge in [-0.2, -0.15) is 0 Å². The molecule has 0 bridgehead atoms. The summed E-state index contributed by atoms with van der Waals surface area (Å²) in [6.07, 6.45) is 4.87. The molecule has 2 aliphatic rings. The smallest absolute Gasteiger partial charge is 0.163 e. The van der Waals surface area contributed by atoms with E-state index in [1.807, 2.05) is 6.07 Å². The molecule has 2 fully saturated rings. The second-order valence-corrected chi connectivity index (χ2v) is 6.50. The Morgan fingerprint density at radius 3 is 2.30 bits per heavy atom. The lowest BCUT2D eigenvalue weighted by Crippen LogP contribution is -2.46. The molecule has 23 heavy (non-hydrogen) atoms. The summed E-state index contributed by atoms with van der Waals surface area (Å²) in [6.45, 7) is 3.88. The van der Waals surface area contributed by atoms with Crippen molar-refractivity contribution in [1.82, 2.24) is 10.2 Å². The third-order valence-electron chi connectivity index (χ3n) is 5.21. The summed E-state index contributed by atoms with van der Waals surface area (Å²) in [5, 5.41) is 3.39. The van der Waals surface area contributed by atoms with E-state index in [1.54, 1.807) is 14.2 Å². The molecule has 4 nitrogen and oxygen atoms in total. The van der Waals surface area contributed by atoms with Crippen LogP contribution < -0.4 is 14.8 Å². The molecule has 1 aliphatic carbocycles. The molecule has 0 aromatic heterocycles. The van der Waals surface area contributed by atoms with E-state index in [0.29, 0.717) is 17.4 Å². The predicted molar refractivity (Wildman–Crippen MR) is 88.6 cm³/mol. The highest BCUT2D eigenvalue weighted by Crippen LogP contribution is 2.43. The normalized spacial score (nSPS) is 21.3. The maximum Gasteiger partial charge on any atom is 0.163 e. The van der Waals surface area contributed by atoms with Crippen LogP contribution in [0.15, 0.2) is 12.1 Å². The number of halogens is 1. The monoisotopic (exact) mass is 322 g/mol. The summed E-state index contributed by atoms with van der Waals surface area (Å²) in [4.78, 5) is 2.44. The molecule has 1 N–H and O–H groups in total. The average molecular weight is 322 g/mol. The van der Waals surface area contributed by atoms with Gasteiger partial charge in [-0.15, -0.1) is 0 Å². The van der Waals surface area contributed by atoms with Gasteiger partial charge in [0.2, 0.25) is 0 Å². The fraction of sp³-hybridized carbons (Fsp3) is 0.667. The third kappa shape index (κ3) is 3.45. The number of hydrogen-bond acceptors (Lipinski definition) is 4. The highest BCUT2D eigenvalue weighted by Gasteiger charge is 2.34. The van der Waals surface area contributed by atoms with Crippen LogP contribution in [0, 0.1) is 11.7 Å². The quantitative estimate of drug-likeness (QED) is 0.904. The van der Waals surface area contributed by atoms with Gasteiger partial charge < -0.3 is 14.8 Å². The molecule has 0 unspecified atom stereocenters. The van der Waals surface area contributed by atoms with Crippen molar-refractivity contribution >= 4 is 0 Å². The lowest BCUT2D eigenvalue weighted by atomic mass is 9.89. The minimum atomic E-state index is -0.182. The van der Waals surface area contributed by atoms with Crippen LogP contribution in [-0.4, -0.2) is 45.3 Å². The van der Waals surface area contributed by atoms with Crippen LogP contribution in [0.25, 0.3) is 0 Å². The first kappa shape index (κ1) is 16.5. The van der Waals surface area contributed by atoms with E-state index < -0.39 is 0 Å². The van der Waals surface area contributed by atoms with Gasteiger partial charge in [0.1, 0.15) is 5.82 Å². The Hall–Kier alpha value is -1.33. The molecular weight excluding hydrogens is 295 g/mol. The Labute approximate surface area is 138 Å². The van der Waals surface area contributed by atoms with Gasteiger partial charge in [-0.3, -0.25) is 4.90 Å². The van der Waals surface area contributed by atoms with E-state index in [9.17, 15) is 4.39 Å². The highest BCUT2D eigenvalue weighted by molar-refractivity contribution is 5.45. The zero-order valence-corrected chi connectivity index (χ0v) is 14.1. The Morgan fingerprint density at radius 2 is 1.70 bits per heavy atom. The van der Waals surface area contributed by atoms with Crippen molar-refractivity contribution in [1.29, 1.82) is 0 Å². The summed E-state index contributed by atoms with van der Waals surface area (Å²) < 4.78 is 25.5. The van der Waals surface area contributed by atoms with Crippen molar-refractivity contribution in [3.05, 3.63) is 23.5 Å². The van der Waals surface area contributed by atoms with E-state index in [0.717, 1.165) is 31.7 Å². The van der Waals surface area contributed by atoms with Gasteiger partial charge in [-0.05, 0) is 24.8 Å². The number of methoxy groups -OCH3 is 2. The standard InChI is InChI=1S/C18H27FN2O2/c1-22-16-11-14(15(19)12-17(16)23-2)18(13-5-3-4-6-13)21-9-7-20-8-10-21/h11-13,18,20H,3-10H2,1-2H3/t18-/m1/s1. The van der Waals surface area contributed by atoms with Crippen LogP contribution in [0.2, 0.25) is 0 Å². The van der Waals surface area contributed by atoms with Gasteiger partial charge >= 0.3 is 0 Å². The number of nitrogens with one attached hydrogen (secondary N) is 1. The molecule has 1 atom stereocenters. The van der Waals surface area contributed by atoms with Crippen LogP contribution in [0.1, 0.15) is 37.3 Å². The minimum absolute atomic E-state index is 0.138.